The number of unbranched alkanes of at least 4 members (excludes halogenated alkanes) is 2. The van der Waals surface area contributed by atoms with Crippen molar-refractivity contribution in [3.63, 3.8) is 0 Å². The Morgan fingerprint density at radius 2 is 1.66 bits per heavy atom. The second kappa shape index (κ2) is 18.1. The van der Waals surface area contributed by atoms with Crippen molar-refractivity contribution in [1.29, 1.82) is 10.5 Å². The molecule has 1 aliphatic rings. The highest BCUT2D eigenvalue weighted by Gasteiger charge is 2.38. The topological polar surface area (TPSA) is 193 Å². The van der Waals surface area contributed by atoms with E-state index in [1.54, 1.807) is 23.9 Å². The number of hydrogen-bond acceptors (Lipinski definition) is 11. The molecule has 7 rings (SSSR count). The summed E-state index contributed by atoms with van der Waals surface area (Å²) >= 11 is 0. The Labute approximate surface area is 352 Å². The van der Waals surface area contributed by atoms with Gasteiger partial charge in [0.1, 0.15) is 36.1 Å². The van der Waals surface area contributed by atoms with E-state index in [2.05, 4.69) is 30.9 Å². The molecular formula is C44H39F4N9O5. The van der Waals surface area contributed by atoms with Crippen LogP contribution >= 0.6 is 0 Å². The standard InChI is InChI=1S/C44H39F4N9O5/c1-43(24-61-32-12-6-26(22-49)7-13-32,42(59)53-30-11-8-28(23-50)35(20-30)44(46,47)48)62-17-5-3-4-16-60-31-14-9-27(10-15-31)39-34(21-37-51-25-52-57(37)2)40-38-33(41(58)56-55-40)18-29(45)19-36(38)54-39/h6-15,18-20,25,34,39,54H,3-5,16-17,21,24H2,1-2H3,(H,53,59)(H,56,58)/t34-,39-,43+/m1/s1. The van der Waals surface area contributed by atoms with Gasteiger partial charge in [-0.1, -0.05) is 12.1 Å². The Bertz CT molecular complexity index is 2730. The fraction of sp³-hybridized carbons (Fsp3) is 0.295. The van der Waals surface area contributed by atoms with Crippen LogP contribution in [0.25, 0.3) is 10.8 Å². The zero-order valence-electron chi connectivity index (χ0n) is 33.4. The molecule has 1 amide bonds. The van der Waals surface area contributed by atoms with Crippen molar-refractivity contribution in [1.82, 2.24) is 25.0 Å². The highest BCUT2D eigenvalue weighted by molar-refractivity contribution is 5.98. The van der Waals surface area contributed by atoms with Gasteiger partial charge in [0.15, 0.2) is 5.60 Å². The summed E-state index contributed by atoms with van der Waals surface area (Å²) in [6.45, 7) is 1.62. The van der Waals surface area contributed by atoms with Crippen LogP contribution in [0, 0.1) is 28.5 Å². The number of benzene rings is 4. The molecule has 4 aromatic carbocycles. The summed E-state index contributed by atoms with van der Waals surface area (Å²) in [7, 11) is 1.79. The maximum Gasteiger partial charge on any atom is 0.417 e. The van der Waals surface area contributed by atoms with Crippen LogP contribution in [0.3, 0.4) is 0 Å². The first kappa shape index (κ1) is 42.8. The van der Waals surface area contributed by atoms with Crippen molar-refractivity contribution in [2.75, 3.05) is 30.5 Å². The molecule has 0 spiro atoms. The Morgan fingerprint density at radius 1 is 0.935 bits per heavy atom. The molecule has 1 aliphatic heterocycles. The minimum atomic E-state index is -4.82. The lowest BCUT2D eigenvalue weighted by Gasteiger charge is -2.34. The smallest absolute Gasteiger partial charge is 0.417 e. The Kier molecular flexibility index (Phi) is 12.5. The predicted octanol–water partition coefficient (Wildman–Crippen LogP) is 7.49. The molecule has 0 fully saturated rings. The number of anilines is 2. The fourth-order valence-corrected chi connectivity index (χ4v) is 7.21. The first-order valence-corrected chi connectivity index (χ1v) is 19.5. The summed E-state index contributed by atoms with van der Waals surface area (Å²) in [5.41, 5.74) is -1.75. The van der Waals surface area contributed by atoms with Crippen LogP contribution in [0.15, 0.2) is 90.0 Å². The quantitative estimate of drug-likeness (QED) is 0.0646. The Hall–Kier alpha value is -7.31. The molecule has 6 aromatic rings. The summed E-state index contributed by atoms with van der Waals surface area (Å²) in [5, 5.41) is 36.1. The summed E-state index contributed by atoms with van der Waals surface area (Å²) in [5.74, 6) is 0.0369. The van der Waals surface area contributed by atoms with Gasteiger partial charge >= 0.3 is 6.18 Å². The molecule has 14 nitrogen and oxygen atoms in total. The third-order valence-corrected chi connectivity index (χ3v) is 10.6. The van der Waals surface area contributed by atoms with Crippen LogP contribution < -0.4 is 25.7 Å². The van der Waals surface area contributed by atoms with Crippen molar-refractivity contribution < 1.29 is 36.6 Å². The van der Waals surface area contributed by atoms with E-state index in [4.69, 9.17) is 24.7 Å². The highest BCUT2D eigenvalue weighted by atomic mass is 19.4. The number of aromatic nitrogens is 5. The van der Waals surface area contributed by atoms with Crippen molar-refractivity contribution in [2.45, 2.75) is 56.3 Å². The molecule has 62 heavy (non-hydrogen) atoms. The van der Waals surface area contributed by atoms with E-state index >= 15 is 0 Å². The molecule has 0 radical (unpaired) electrons. The molecule has 318 valence electrons. The Morgan fingerprint density at radius 3 is 2.35 bits per heavy atom. The van der Waals surface area contributed by atoms with Gasteiger partial charge in [0.05, 0.1) is 52.6 Å². The summed E-state index contributed by atoms with van der Waals surface area (Å²) in [4.78, 5) is 30.6. The third-order valence-electron chi connectivity index (χ3n) is 10.6. The molecule has 3 atom stereocenters. The second-order valence-electron chi connectivity index (χ2n) is 14.9. The first-order chi connectivity index (χ1) is 29.8. The Balaban J connectivity index is 0.960. The normalized spacial score (nSPS) is 15.5. The minimum absolute atomic E-state index is 0.101. The number of rotatable bonds is 16. The third kappa shape index (κ3) is 9.51. The number of alkyl halides is 3. The van der Waals surface area contributed by atoms with Gasteiger partial charge in [-0.2, -0.15) is 33.9 Å². The molecule has 0 saturated heterocycles. The number of aryl methyl sites for hydroxylation is 1. The number of ether oxygens (including phenoxy) is 3. The number of halogens is 4. The summed E-state index contributed by atoms with van der Waals surface area (Å²) in [6.07, 6.45) is -1.15. The van der Waals surface area contributed by atoms with Gasteiger partial charge < -0.3 is 24.8 Å². The fourth-order valence-electron chi connectivity index (χ4n) is 7.21. The molecule has 0 unspecified atom stereocenters. The SMILES string of the molecule is Cn1ncnc1C[C@H]1c2n[nH]c(=O)c3cc(F)cc(c23)N[C@@H]1c1ccc(OCCCCCO[C@@](C)(COc2ccc(C#N)cc2)C(=O)Nc2ccc(C#N)c(C(F)(F)F)c2)cc1. The summed E-state index contributed by atoms with van der Waals surface area (Å²) in [6, 6.07) is 22.3. The van der Waals surface area contributed by atoms with Crippen molar-refractivity contribution in [2.24, 2.45) is 7.05 Å². The van der Waals surface area contributed by atoms with E-state index in [1.807, 2.05) is 30.3 Å². The van der Waals surface area contributed by atoms with Gasteiger partial charge in [0.2, 0.25) is 0 Å². The molecule has 18 heteroatoms. The first-order valence-electron chi connectivity index (χ1n) is 19.5. The maximum atomic E-state index is 14.7. The van der Waals surface area contributed by atoms with E-state index in [-0.39, 0.29) is 36.2 Å². The average Bonchev–Trinajstić information content (AvgIpc) is 3.67. The molecule has 0 aliphatic carbocycles. The molecule has 3 heterocycles. The van der Waals surface area contributed by atoms with Crippen molar-refractivity contribution >= 4 is 28.1 Å². The number of aromatic amines is 1. The van der Waals surface area contributed by atoms with E-state index in [9.17, 15) is 27.2 Å². The van der Waals surface area contributed by atoms with Crippen LogP contribution in [0.4, 0.5) is 28.9 Å². The number of nitrogens with zero attached hydrogens (tertiary/aromatic N) is 6. The molecule has 3 N–H and O–H groups in total. The number of carbonyl (C=O) groups excluding carboxylic acids is 1. The lowest BCUT2D eigenvalue weighted by Crippen LogP contribution is -2.48. The molecule has 2 aromatic heterocycles. The molecular weight excluding hydrogens is 811 g/mol. The predicted molar refractivity (Wildman–Crippen MR) is 218 cm³/mol. The number of hydrogen-bond donors (Lipinski definition) is 3. The van der Waals surface area contributed by atoms with Crippen molar-refractivity contribution in [3.05, 3.63) is 135 Å². The van der Waals surface area contributed by atoms with Gasteiger partial charge in [0, 0.05) is 42.8 Å². The number of nitrogens with one attached hydrogen (secondary N) is 3. The van der Waals surface area contributed by atoms with Gasteiger partial charge in [0.25, 0.3) is 11.5 Å². The lowest BCUT2D eigenvalue weighted by molar-refractivity contribution is -0.143. The molecule has 0 bridgehead atoms. The van der Waals surface area contributed by atoms with E-state index in [0.29, 0.717) is 78.0 Å². The van der Waals surface area contributed by atoms with Crippen LogP contribution in [-0.4, -0.2) is 56.3 Å². The van der Waals surface area contributed by atoms with E-state index in [0.717, 1.165) is 11.6 Å². The molecule has 0 saturated carbocycles. The van der Waals surface area contributed by atoms with Gasteiger partial charge in [-0.05, 0) is 98.5 Å². The van der Waals surface area contributed by atoms with Gasteiger partial charge in [-0.3, -0.25) is 14.3 Å². The maximum absolute atomic E-state index is 14.7. The highest BCUT2D eigenvalue weighted by Crippen LogP contribution is 2.45. The number of nitriles is 2. The van der Waals surface area contributed by atoms with Crippen LogP contribution in [-0.2, 0) is 29.2 Å². The van der Waals surface area contributed by atoms with E-state index in [1.165, 1.54) is 49.7 Å². The van der Waals surface area contributed by atoms with Crippen molar-refractivity contribution in [3.8, 4) is 23.6 Å². The number of carbonyl (C=O) groups is 1. The number of amides is 1. The monoisotopic (exact) mass is 849 g/mol. The van der Waals surface area contributed by atoms with Crippen LogP contribution in [0.2, 0.25) is 0 Å². The largest absolute Gasteiger partial charge is 0.494 e. The second-order valence-corrected chi connectivity index (χ2v) is 14.9. The minimum Gasteiger partial charge on any atom is -0.494 e. The van der Waals surface area contributed by atoms with Gasteiger partial charge in [-0.15, -0.1) is 0 Å². The lowest BCUT2D eigenvalue weighted by atomic mass is 9.82. The zero-order valence-corrected chi connectivity index (χ0v) is 33.4. The average molecular weight is 850 g/mol. The van der Waals surface area contributed by atoms with Crippen LogP contribution in [0.5, 0.6) is 11.5 Å². The zero-order chi connectivity index (χ0) is 44.0. The van der Waals surface area contributed by atoms with Gasteiger partial charge in [-0.25, -0.2) is 14.5 Å². The van der Waals surface area contributed by atoms with E-state index < -0.39 is 40.2 Å². The number of H-pyrrole nitrogens is 1. The van der Waals surface area contributed by atoms with Crippen LogP contribution in [0.1, 0.15) is 71.9 Å². The summed E-state index contributed by atoms with van der Waals surface area (Å²) < 4.78 is 75.1.